The predicted molar refractivity (Wildman–Crippen MR) is 68.5 cm³/mol. The van der Waals surface area contributed by atoms with Gasteiger partial charge in [0, 0.05) is 29.7 Å². The molecule has 1 aromatic heterocycles. The molecule has 0 aliphatic heterocycles. The minimum absolute atomic E-state index is 0.274. The number of aryl methyl sites for hydroxylation is 1. The lowest BCUT2D eigenvalue weighted by Gasteiger charge is -2.22. The van der Waals surface area contributed by atoms with Crippen LogP contribution in [0.4, 0.5) is 0 Å². The van der Waals surface area contributed by atoms with Crippen molar-refractivity contribution < 1.29 is 0 Å². The molecule has 3 heteroatoms. The van der Waals surface area contributed by atoms with Crippen LogP contribution in [-0.4, -0.2) is 30.5 Å². The number of benzene rings is 1. The molecular weight excluding hydrogens is 198 g/mol. The van der Waals surface area contributed by atoms with E-state index >= 15 is 0 Å². The van der Waals surface area contributed by atoms with Gasteiger partial charge in [0.15, 0.2) is 0 Å². The number of para-hydroxylation sites is 1. The standard InChI is InChI=1S/C13H19N3/c1-9-5-4-6-10-11(8-15-13(9)10)12(7-14)16(2)3/h4-6,8,12,15H,7,14H2,1-3H3/t12-/m0/s1. The van der Waals surface area contributed by atoms with Crippen molar-refractivity contribution in [2.75, 3.05) is 20.6 Å². The Morgan fingerprint density at radius 2 is 2.12 bits per heavy atom. The fraction of sp³-hybridized carbons (Fsp3) is 0.385. The number of aromatic nitrogens is 1. The van der Waals surface area contributed by atoms with E-state index in [0.717, 1.165) is 0 Å². The predicted octanol–water partition coefficient (Wildman–Crippen LogP) is 2.04. The van der Waals surface area contributed by atoms with Gasteiger partial charge in [-0.15, -0.1) is 0 Å². The number of H-pyrrole nitrogens is 1. The van der Waals surface area contributed by atoms with Crippen molar-refractivity contribution in [1.82, 2.24) is 9.88 Å². The summed E-state index contributed by atoms with van der Waals surface area (Å²) in [5.74, 6) is 0. The van der Waals surface area contributed by atoms with Crippen molar-refractivity contribution in [2.24, 2.45) is 5.73 Å². The zero-order valence-corrected chi connectivity index (χ0v) is 10.1. The Kier molecular flexibility index (Phi) is 2.99. The highest BCUT2D eigenvalue weighted by Gasteiger charge is 2.16. The van der Waals surface area contributed by atoms with Crippen LogP contribution in [0.5, 0.6) is 0 Å². The van der Waals surface area contributed by atoms with Crippen LogP contribution in [-0.2, 0) is 0 Å². The van der Waals surface area contributed by atoms with Gasteiger partial charge in [0.1, 0.15) is 0 Å². The largest absolute Gasteiger partial charge is 0.361 e. The number of likely N-dealkylation sites (N-methyl/N-ethyl adjacent to an activating group) is 1. The van der Waals surface area contributed by atoms with Crippen LogP contribution in [0.1, 0.15) is 17.2 Å². The average molecular weight is 217 g/mol. The molecule has 16 heavy (non-hydrogen) atoms. The first kappa shape index (κ1) is 11.2. The molecule has 0 amide bonds. The summed E-state index contributed by atoms with van der Waals surface area (Å²) in [5, 5.41) is 1.28. The fourth-order valence-electron chi connectivity index (χ4n) is 2.22. The minimum atomic E-state index is 0.274. The second-order valence-electron chi connectivity index (χ2n) is 4.46. The summed E-state index contributed by atoms with van der Waals surface area (Å²) in [6, 6.07) is 6.64. The Morgan fingerprint density at radius 3 is 2.75 bits per heavy atom. The molecule has 0 radical (unpaired) electrons. The van der Waals surface area contributed by atoms with Gasteiger partial charge in [-0.3, -0.25) is 0 Å². The Morgan fingerprint density at radius 1 is 1.38 bits per heavy atom. The lowest BCUT2D eigenvalue weighted by molar-refractivity contribution is 0.308. The molecular formula is C13H19N3. The Labute approximate surface area is 96.2 Å². The third-order valence-electron chi connectivity index (χ3n) is 3.16. The molecule has 0 fully saturated rings. The Bertz CT molecular complexity index is 485. The first-order valence-electron chi connectivity index (χ1n) is 5.58. The third-order valence-corrected chi connectivity index (χ3v) is 3.16. The summed E-state index contributed by atoms with van der Waals surface area (Å²) >= 11 is 0. The highest BCUT2D eigenvalue weighted by molar-refractivity contribution is 5.86. The van der Waals surface area contributed by atoms with E-state index in [1.165, 1.54) is 22.0 Å². The van der Waals surface area contributed by atoms with Crippen molar-refractivity contribution in [3.8, 4) is 0 Å². The van der Waals surface area contributed by atoms with Gasteiger partial charge in [-0.25, -0.2) is 0 Å². The van der Waals surface area contributed by atoms with Crippen LogP contribution in [0.25, 0.3) is 10.9 Å². The molecule has 0 aliphatic carbocycles. The second-order valence-corrected chi connectivity index (χ2v) is 4.46. The Balaban J connectivity index is 2.57. The van der Waals surface area contributed by atoms with Gasteiger partial charge in [-0.05, 0) is 32.1 Å². The van der Waals surface area contributed by atoms with Crippen LogP contribution in [0, 0.1) is 6.92 Å². The quantitative estimate of drug-likeness (QED) is 0.826. The maximum Gasteiger partial charge on any atom is 0.0487 e. The summed E-state index contributed by atoms with van der Waals surface area (Å²) < 4.78 is 0. The van der Waals surface area contributed by atoms with E-state index in [9.17, 15) is 0 Å². The van der Waals surface area contributed by atoms with Gasteiger partial charge < -0.3 is 15.6 Å². The normalized spacial score (nSPS) is 13.6. The topological polar surface area (TPSA) is 45.0 Å². The first-order chi connectivity index (χ1) is 7.65. The molecule has 0 unspecified atom stereocenters. The number of rotatable bonds is 3. The van der Waals surface area contributed by atoms with E-state index in [1.54, 1.807) is 0 Å². The number of nitrogens with two attached hydrogens (primary N) is 1. The molecule has 0 bridgehead atoms. The minimum Gasteiger partial charge on any atom is -0.361 e. The van der Waals surface area contributed by atoms with Gasteiger partial charge >= 0.3 is 0 Å². The molecule has 2 rings (SSSR count). The maximum atomic E-state index is 5.84. The average Bonchev–Trinajstić information content (AvgIpc) is 2.64. The zero-order chi connectivity index (χ0) is 11.7. The fourth-order valence-corrected chi connectivity index (χ4v) is 2.22. The summed E-state index contributed by atoms with van der Waals surface area (Å²) in [4.78, 5) is 5.50. The van der Waals surface area contributed by atoms with Crippen molar-refractivity contribution in [3.63, 3.8) is 0 Å². The summed E-state index contributed by atoms with van der Waals surface area (Å²) in [5.41, 5.74) is 9.62. The van der Waals surface area contributed by atoms with Gasteiger partial charge in [0.05, 0.1) is 0 Å². The molecule has 0 spiro atoms. The van der Waals surface area contributed by atoms with Crippen molar-refractivity contribution >= 4 is 10.9 Å². The SMILES string of the molecule is Cc1cccc2c([C@H](CN)N(C)C)c[nH]c12. The lowest BCUT2D eigenvalue weighted by Crippen LogP contribution is -2.26. The molecule has 0 saturated carbocycles. The summed E-state index contributed by atoms with van der Waals surface area (Å²) in [6.45, 7) is 2.75. The number of nitrogens with zero attached hydrogens (tertiary/aromatic N) is 1. The van der Waals surface area contributed by atoms with Crippen molar-refractivity contribution in [3.05, 3.63) is 35.5 Å². The third kappa shape index (κ3) is 1.72. The number of hydrogen-bond acceptors (Lipinski definition) is 2. The zero-order valence-electron chi connectivity index (χ0n) is 10.1. The highest BCUT2D eigenvalue weighted by Crippen LogP contribution is 2.27. The maximum absolute atomic E-state index is 5.84. The van der Waals surface area contributed by atoms with Crippen LogP contribution < -0.4 is 5.73 Å². The molecule has 3 N–H and O–H groups in total. The molecule has 2 aromatic rings. The second kappa shape index (κ2) is 4.28. The number of fused-ring (bicyclic) bond motifs is 1. The van der Waals surface area contributed by atoms with Crippen molar-refractivity contribution in [2.45, 2.75) is 13.0 Å². The Hall–Kier alpha value is -1.32. The molecule has 3 nitrogen and oxygen atoms in total. The molecule has 1 aromatic carbocycles. The van der Waals surface area contributed by atoms with E-state index in [-0.39, 0.29) is 6.04 Å². The number of aromatic amines is 1. The van der Waals surface area contributed by atoms with Crippen LogP contribution in [0.15, 0.2) is 24.4 Å². The van der Waals surface area contributed by atoms with E-state index in [0.29, 0.717) is 6.54 Å². The van der Waals surface area contributed by atoms with Gasteiger partial charge in [-0.2, -0.15) is 0 Å². The van der Waals surface area contributed by atoms with Gasteiger partial charge in [0.2, 0.25) is 0 Å². The van der Waals surface area contributed by atoms with Crippen molar-refractivity contribution in [1.29, 1.82) is 0 Å². The van der Waals surface area contributed by atoms with E-state index in [4.69, 9.17) is 5.73 Å². The van der Waals surface area contributed by atoms with Crippen LogP contribution in [0.2, 0.25) is 0 Å². The first-order valence-corrected chi connectivity index (χ1v) is 5.58. The smallest absolute Gasteiger partial charge is 0.0487 e. The van der Waals surface area contributed by atoms with E-state index in [1.807, 2.05) is 0 Å². The molecule has 0 aliphatic rings. The van der Waals surface area contributed by atoms with E-state index in [2.05, 4.69) is 55.3 Å². The van der Waals surface area contributed by atoms with Crippen LogP contribution >= 0.6 is 0 Å². The summed E-state index contributed by atoms with van der Waals surface area (Å²) in [6.07, 6.45) is 2.08. The summed E-state index contributed by atoms with van der Waals surface area (Å²) in [7, 11) is 4.12. The molecule has 0 saturated heterocycles. The van der Waals surface area contributed by atoms with Gasteiger partial charge in [-0.1, -0.05) is 18.2 Å². The molecule has 1 heterocycles. The number of hydrogen-bond donors (Lipinski definition) is 2. The monoisotopic (exact) mass is 217 g/mol. The van der Waals surface area contributed by atoms with E-state index < -0.39 is 0 Å². The highest BCUT2D eigenvalue weighted by atomic mass is 15.1. The molecule has 86 valence electrons. The number of nitrogens with one attached hydrogen (secondary N) is 1. The van der Waals surface area contributed by atoms with Gasteiger partial charge in [0.25, 0.3) is 0 Å². The lowest BCUT2D eigenvalue weighted by atomic mass is 10.0. The van der Waals surface area contributed by atoms with Crippen LogP contribution in [0.3, 0.4) is 0 Å². The molecule has 1 atom stereocenters.